The summed E-state index contributed by atoms with van der Waals surface area (Å²) >= 11 is 0. The number of hydrogen-bond acceptors (Lipinski definition) is 12. The fourth-order valence-electron chi connectivity index (χ4n) is 8.00. The second-order valence-corrected chi connectivity index (χ2v) is 11.2. The van der Waals surface area contributed by atoms with E-state index in [0.29, 0.717) is 11.1 Å². The summed E-state index contributed by atoms with van der Waals surface area (Å²) in [4.78, 5) is 86.1. The first-order valence-corrected chi connectivity index (χ1v) is 14.7. The molecule has 14 heteroatoms. The second-order valence-electron chi connectivity index (χ2n) is 11.2. The molecule has 2 aliphatic heterocycles. The maximum atomic E-state index is 14.7. The zero-order valence-corrected chi connectivity index (χ0v) is 27.0. The van der Waals surface area contributed by atoms with Crippen molar-refractivity contribution in [2.45, 2.75) is 23.9 Å². The minimum absolute atomic E-state index is 0.182. The number of carbonyl (C=O) groups is 6. The molecule has 48 heavy (non-hydrogen) atoms. The van der Waals surface area contributed by atoms with E-state index >= 15 is 0 Å². The Kier molecular flexibility index (Phi) is 9.02. The normalized spacial score (nSPS) is 27.0. The number of fused-ring (bicyclic) bond motifs is 4. The Labute approximate surface area is 275 Å². The van der Waals surface area contributed by atoms with Crippen LogP contribution in [0.2, 0.25) is 0 Å². The van der Waals surface area contributed by atoms with Gasteiger partial charge in [0.1, 0.15) is 10.8 Å². The Balaban J connectivity index is 2.05. The average molecular weight is 663 g/mol. The third kappa shape index (κ3) is 4.46. The molecule has 2 aromatic carbocycles. The third-order valence-corrected chi connectivity index (χ3v) is 9.46. The van der Waals surface area contributed by atoms with Crippen LogP contribution in [0.5, 0.6) is 0 Å². The van der Waals surface area contributed by atoms with Crippen LogP contribution in [0.25, 0.3) is 0 Å². The van der Waals surface area contributed by atoms with Gasteiger partial charge in [-0.25, -0.2) is 19.2 Å². The van der Waals surface area contributed by atoms with E-state index in [1.54, 1.807) is 60.7 Å². The highest BCUT2D eigenvalue weighted by atomic mass is 16.6. The van der Waals surface area contributed by atoms with E-state index in [9.17, 15) is 28.8 Å². The maximum absolute atomic E-state index is 14.7. The Morgan fingerprint density at radius 3 is 1.10 bits per heavy atom. The monoisotopic (exact) mass is 662 g/mol. The van der Waals surface area contributed by atoms with Gasteiger partial charge in [-0.15, -0.1) is 0 Å². The number of ether oxygens (including phenoxy) is 6. The predicted molar refractivity (Wildman–Crippen MR) is 164 cm³/mol. The van der Waals surface area contributed by atoms with E-state index in [4.69, 9.17) is 28.4 Å². The zero-order valence-electron chi connectivity index (χ0n) is 27.0. The van der Waals surface area contributed by atoms with Gasteiger partial charge in [-0.3, -0.25) is 19.4 Å². The van der Waals surface area contributed by atoms with Crippen molar-refractivity contribution in [2.24, 2.45) is 10.8 Å². The van der Waals surface area contributed by atoms with Crippen LogP contribution in [0.15, 0.2) is 84.2 Å². The number of esters is 4. The first-order valence-electron chi connectivity index (χ1n) is 14.7. The molecule has 2 heterocycles. The summed E-state index contributed by atoms with van der Waals surface area (Å²) in [6, 6.07) is 13.5. The van der Waals surface area contributed by atoms with Gasteiger partial charge in [0.15, 0.2) is 0 Å². The Morgan fingerprint density at radius 1 is 0.500 bits per heavy atom. The Hall–Kier alpha value is -5.66. The summed E-state index contributed by atoms with van der Waals surface area (Å²) < 4.78 is 31.5. The van der Waals surface area contributed by atoms with Crippen LogP contribution in [-0.2, 0) is 47.6 Å². The van der Waals surface area contributed by atoms with Gasteiger partial charge in [-0.2, -0.15) is 0 Å². The second kappa shape index (κ2) is 12.9. The highest BCUT2D eigenvalue weighted by molar-refractivity contribution is 6.03. The van der Waals surface area contributed by atoms with Crippen molar-refractivity contribution in [3.63, 3.8) is 0 Å². The predicted octanol–water partition coefficient (Wildman–Crippen LogP) is 2.90. The number of amides is 2. The molecular weight excluding hydrogens is 628 g/mol. The molecule has 0 unspecified atom stereocenters. The topological polar surface area (TPSA) is 164 Å². The number of hydrogen-bond donors (Lipinski definition) is 0. The molecule has 1 aliphatic carbocycles. The largest absolute Gasteiger partial charge is 0.468 e. The molecule has 5 rings (SSSR count). The quantitative estimate of drug-likeness (QED) is 0.329. The molecule has 1 fully saturated rings. The van der Waals surface area contributed by atoms with Gasteiger partial charge in [0.2, 0.25) is 0 Å². The van der Waals surface area contributed by atoms with Gasteiger partial charge >= 0.3 is 36.1 Å². The van der Waals surface area contributed by atoms with Crippen molar-refractivity contribution in [3.8, 4) is 0 Å². The molecule has 0 saturated heterocycles. The van der Waals surface area contributed by atoms with Crippen molar-refractivity contribution in [2.75, 3.05) is 42.7 Å². The lowest BCUT2D eigenvalue weighted by Crippen LogP contribution is -2.89. The van der Waals surface area contributed by atoms with E-state index in [1.807, 2.05) is 0 Å². The molecule has 252 valence electrons. The first-order chi connectivity index (χ1) is 23.1. The molecule has 2 amide bonds. The standard InChI is InChI=1S/C34H34N2O12/c1-43-25(37)21-17-35(31(41)47-5)27-33(29(39)45-3,23(21)19-13-9-7-10-14-19)28-34(27,30(40)46-4)24(20-15-11-8-12-16-20)22(26(38)44-2)18-36(28)32(42)48-6/h7-18,23-24,27-28H,1-6H3/t23-,24+,27?,28?,33?,34?. The maximum Gasteiger partial charge on any atom is 0.413 e. The van der Waals surface area contributed by atoms with Crippen molar-refractivity contribution in [1.29, 1.82) is 0 Å². The van der Waals surface area contributed by atoms with Crippen LogP contribution in [0.4, 0.5) is 9.59 Å². The molecule has 0 bridgehead atoms. The van der Waals surface area contributed by atoms with E-state index in [-0.39, 0.29) is 11.1 Å². The number of benzene rings is 2. The van der Waals surface area contributed by atoms with Gasteiger partial charge in [0.25, 0.3) is 0 Å². The van der Waals surface area contributed by atoms with E-state index < -0.39 is 70.8 Å². The fourth-order valence-corrected chi connectivity index (χ4v) is 8.00. The molecule has 0 spiro atoms. The van der Waals surface area contributed by atoms with Gasteiger partial charge < -0.3 is 28.4 Å². The van der Waals surface area contributed by atoms with Crippen molar-refractivity contribution in [3.05, 3.63) is 95.3 Å². The molecule has 1 saturated carbocycles. The summed E-state index contributed by atoms with van der Waals surface area (Å²) in [6.45, 7) is 0. The van der Waals surface area contributed by atoms with E-state index in [0.717, 1.165) is 64.9 Å². The van der Waals surface area contributed by atoms with Crippen molar-refractivity contribution < 1.29 is 57.2 Å². The van der Waals surface area contributed by atoms with Gasteiger partial charge in [0, 0.05) is 24.2 Å². The van der Waals surface area contributed by atoms with Crippen LogP contribution >= 0.6 is 0 Å². The summed E-state index contributed by atoms with van der Waals surface area (Å²) in [5, 5.41) is 0. The van der Waals surface area contributed by atoms with Crippen LogP contribution in [-0.4, -0.2) is 101 Å². The molecule has 0 N–H and O–H groups in total. The number of nitrogens with zero attached hydrogens (tertiary/aromatic N) is 2. The molecule has 3 aliphatic rings. The molecular formula is C34H34N2O12. The van der Waals surface area contributed by atoms with E-state index in [2.05, 4.69) is 0 Å². The van der Waals surface area contributed by atoms with Crippen LogP contribution in [0, 0.1) is 10.8 Å². The Bertz CT molecular complexity index is 1570. The summed E-state index contributed by atoms with van der Waals surface area (Å²) in [5.74, 6) is -6.43. The lowest BCUT2D eigenvalue weighted by Gasteiger charge is -2.73. The number of methoxy groups -OCH3 is 6. The van der Waals surface area contributed by atoms with Crippen LogP contribution in [0.1, 0.15) is 23.0 Å². The highest BCUT2D eigenvalue weighted by Gasteiger charge is 2.89. The lowest BCUT2D eigenvalue weighted by molar-refractivity contribution is -0.239. The van der Waals surface area contributed by atoms with Crippen molar-refractivity contribution in [1.82, 2.24) is 9.80 Å². The number of rotatable bonds is 6. The zero-order chi connectivity index (χ0) is 35.0. The van der Waals surface area contributed by atoms with E-state index in [1.165, 1.54) is 0 Å². The summed E-state index contributed by atoms with van der Waals surface area (Å²) in [7, 11) is 6.61. The van der Waals surface area contributed by atoms with Gasteiger partial charge in [-0.1, -0.05) is 60.7 Å². The third-order valence-electron chi connectivity index (χ3n) is 9.46. The minimum atomic E-state index is -2.16. The van der Waals surface area contributed by atoms with Crippen LogP contribution < -0.4 is 0 Å². The number of carbonyl (C=O) groups excluding carboxylic acids is 6. The SMILES string of the molecule is COC(=O)C1=CN(C(=O)OC)C2C(C(=O)OC)(C3N(C(=O)OC)C=C(C(=O)OC)[C@H](c4ccccc4)C23C(=O)OC)[C@@H]1c1ccccc1. The minimum Gasteiger partial charge on any atom is -0.468 e. The smallest absolute Gasteiger partial charge is 0.413 e. The van der Waals surface area contributed by atoms with Gasteiger partial charge in [0.05, 0.1) is 65.9 Å². The molecule has 0 aromatic heterocycles. The summed E-state index contributed by atoms with van der Waals surface area (Å²) in [6.07, 6.45) is 0.160. The first kappa shape index (κ1) is 33.7. The molecule has 0 radical (unpaired) electrons. The fraction of sp³-hybridized carbons (Fsp3) is 0.353. The summed E-state index contributed by atoms with van der Waals surface area (Å²) in [5.41, 5.74) is -3.91. The lowest BCUT2D eigenvalue weighted by atomic mass is 9.34. The van der Waals surface area contributed by atoms with Crippen LogP contribution in [0.3, 0.4) is 0 Å². The average Bonchev–Trinajstić information content (AvgIpc) is 3.13. The Morgan fingerprint density at radius 2 is 0.833 bits per heavy atom. The highest BCUT2D eigenvalue weighted by Crippen LogP contribution is 2.74. The molecule has 14 nitrogen and oxygen atoms in total. The van der Waals surface area contributed by atoms with Gasteiger partial charge in [-0.05, 0) is 11.1 Å². The van der Waals surface area contributed by atoms with Crippen molar-refractivity contribution >= 4 is 36.1 Å². The molecule has 2 aromatic rings. The molecule has 0 atom stereocenters.